The van der Waals surface area contributed by atoms with Crippen LogP contribution in [0.3, 0.4) is 0 Å². The van der Waals surface area contributed by atoms with Gasteiger partial charge in [-0.15, -0.1) is 11.3 Å². The number of rotatable bonds is 3. The molecule has 0 aliphatic rings. The molecular formula is C15H18BrNS. The Bertz CT molecular complexity index is 560. The summed E-state index contributed by atoms with van der Waals surface area (Å²) in [6, 6.07) is 8.80. The van der Waals surface area contributed by atoms with E-state index in [1.165, 1.54) is 26.4 Å². The smallest absolute Gasteiger partial charge is 0.0442 e. The topological polar surface area (TPSA) is 26.0 Å². The van der Waals surface area contributed by atoms with Crippen molar-refractivity contribution in [2.45, 2.75) is 33.2 Å². The Kier molecular flexibility index (Phi) is 4.25. The van der Waals surface area contributed by atoms with Crippen molar-refractivity contribution in [3.63, 3.8) is 0 Å². The Morgan fingerprint density at radius 2 is 1.89 bits per heavy atom. The average molecular weight is 324 g/mol. The molecule has 0 aliphatic heterocycles. The predicted octanol–water partition coefficient (Wildman–Crippen LogP) is 4.68. The molecular weight excluding hydrogens is 306 g/mol. The van der Waals surface area contributed by atoms with Crippen molar-refractivity contribution >= 4 is 27.3 Å². The molecule has 0 spiro atoms. The van der Waals surface area contributed by atoms with E-state index in [9.17, 15) is 0 Å². The van der Waals surface area contributed by atoms with E-state index >= 15 is 0 Å². The molecule has 18 heavy (non-hydrogen) atoms. The van der Waals surface area contributed by atoms with E-state index in [1.807, 2.05) is 0 Å². The first kappa shape index (κ1) is 13.8. The molecule has 1 aromatic heterocycles. The van der Waals surface area contributed by atoms with Gasteiger partial charge in [-0.1, -0.05) is 18.2 Å². The molecule has 96 valence electrons. The highest BCUT2D eigenvalue weighted by atomic mass is 79.9. The largest absolute Gasteiger partial charge is 0.323 e. The van der Waals surface area contributed by atoms with Crippen LogP contribution in [0.15, 0.2) is 28.7 Å². The number of hydrogen-bond donors (Lipinski definition) is 1. The third-order valence-corrected chi connectivity index (χ3v) is 5.30. The number of hydrogen-bond acceptors (Lipinski definition) is 2. The van der Waals surface area contributed by atoms with Crippen molar-refractivity contribution in [3.05, 3.63) is 55.2 Å². The molecule has 1 unspecified atom stereocenters. The Morgan fingerprint density at radius 1 is 1.17 bits per heavy atom. The maximum Gasteiger partial charge on any atom is 0.0442 e. The first-order valence-corrected chi connectivity index (χ1v) is 7.66. The maximum absolute atomic E-state index is 6.31. The van der Waals surface area contributed by atoms with E-state index in [0.717, 1.165) is 10.9 Å². The predicted molar refractivity (Wildman–Crippen MR) is 83.3 cm³/mol. The maximum atomic E-state index is 6.31. The molecule has 2 aromatic rings. The van der Waals surface area contributed by atoms with Crippen molar-refractivity contribution in [1.82, 2.24) is 0 Å². The lowest BCUT2D eigenvalue weighted by molar-refractivity contribution is 0.733. The van der Waals surface area contributed by atoms with Gasteiger partial charge in [-0.3, -0.25) is 0 Å². The zero-order valence-corrected chi connectivity index (χ0v) is 13.4. The second-order valence-corrected chi connectivity index (χ2v) is 6.94. The van der Waals surface area contributed by atoms with Crippen LogP contribution >= 0.6 is 27.3 Å². The van der Waals surface area contributed by atoms with Crippen LogP contribution in [0.2, 0.25) is 0 Å². The Morgan fingerprint density at radius 3 is 2.44 bits per heavy atom. The summed E-state index contributed by atoms with van der Waals surface area (Å²) in [6.07, 6.45) is 0.889. The van der Waals surface area contributed by atoms with Gasteiger partial charge in [-0.25, -0.2) is 0 Å². The molecule has 0 bridgehead atoms. The third kappa shape index (κ3) is 3.02. The zero-order valence-electron chi connectivity index (χ0n) is 11.0. The van der Waals surface area contributed by atoms with Gasteiger partial charge >= 0.3 is 0 Å². The van der Waals surface area contributed by atoms with Crippen LogP contribution < -0.4 is 5.73 Å². The van der Waals surface area contributed by atoms with Gasteiger partial charge in [0.05, 0.1) is 0 Å². The monoisotopic (exact) mass is 323 g/mol. The third-order valence-electron chi connectivity index (χ3n) is 3.20. The lowest BCUT2D eigenvalue weighted by Crippen LogP contribution is -2.12. The molecule has 0 aliphatic carbocycles. The van der Waals surface area contributed by atoms with Gasteiger partial charge in [0.15, 0.2) is 0 Å². The van der Waals surface area contributed by atoms with Gasteiger partial charge in [0, 0.05) is 20.3 Å². The van der Waals surface area contributed by atoms with Gasteiger partial charge in [0.25, 0.3) is 0 Å². The van der Waals surface area contributed by atoms with Gasteiger partial charge < -0.3 is 5.73 Å². The molecule has 2 rings (SSSR count). The molecule has 1 nitrogen and oxygen atoms in total. The van der Waals surface area contributed by atoms with E-state index in [-0.39, 0.29) is 6.04 Å². The van der Waals surface area contributed by atoms with Crippen molar-refractivity contribution in [2.24, 2.45) is 5.73 Å². The van der Waals surface area contributed by atoms with Crippen LogP contribution in [-0.4, -0.2) is 0 Å². The fourth-order valence-corrected chi connectivity index (χ4v) is 3.98. The van der Waals surface area contributed by atoms with Crippen molar-refractivity contribution < 1.29 is 0 Å². The number of thiophene rings is 1. The minimum absolute atomic E-state index is 0.0696. The molecule has 0 saturated carbocycles. The minimum Gasteiger partial charge on any atom is -0.323 e. The number of nitrogens with two attached hydrogens (primary N) is 1. The minimum atomic E-state index is 0.0696. The summed E-state index contributed by atoms with van der Waals surface area (Å²) in [5.41, 5.74) is 10.3. The van der Waals surface area contributed by atoms with Crippen LogP contribution in [0.1, 0.15) is 32.5 Å². The molecule has 0 saturated heterocycles. The van der Waals surface area contributed by atoms with Crippen LogP contribution in [0.25, 0.3) is 0 Å². The normalized spacial score (nSPS) is 12.7. The van der Waals surface area contributed by atoms with Crippen LogP contribution in [0.5, 0.6) is 0 Å². The molecule has 1 heterocycles. The molecule has 0 amide bonds. The van der Waals surface area contributed by atoms with E-state index < -0.39 is 0 Å². The van der Waals surface area contributed by atoms with Gasteiger partial charge in [0.1, 0.15) is 0 Å². The Labute approximate surface area is 121 Å². The van der Waals surface area contributed by atoms with Crippen LogP contribution in [0.4, 0.5) is 0 Å². The van der Waals surface area contributed by atoms with E-state index in [2.05, 4.69) is 61.0 Å². The number of aryl methyl sites for hydroxylation is 3. The highest BCUT2D eigenvalue weighted by molar-refractivity contribution is 9.10. The first-order chi connectivity index (χ1) is 8.47. The quantitative estimate of drug-likeness (QED) is 0.872. The van der Waals surface area contributed by atoms with E-state index in [4.69, 9.17) is 5.73 Å². The highest BCUT2D eigenvalue weighted by Crippen LogP contribution is 2.32. The second kappa shape index (κ2) is 5.55. The Balaban J connectivity index is 2.18. The summed E-state index contributed by atoms with van der Waals surface area (Å²) in [6.45, 7) is 6.40. The standard InChI is InChI=1S/C15H18BrNS/c1-9-4-5-12(6-10(9)2)8-14(17)15-13(16)7-11(3)18-15/h4-7,14H,8,17H2,1-3H3. The summed E-state index contributed by atoms with van der Waals surface area (Å²) < 4.78 is 1.14. The lowest BCUT2D eigenvalue weighted by atomic mass is 10.0. The molecule has 1 atom stereocenters. The molecule has 0 fully saturated rings. The van der Waals surface area contributed by atoms with Gasteiger partial charge in [-0.2, -0.15) is 0 Å². The second-order valence-electron chi connectivity index (χ2n) is 4.80. The van der Waals surface area contributed by atoms with Gasteiger partial charge in [0.2, 0.25) is 0 Å². The number of halogens is 1. The zero-order chi connectivity index (χ0) is 13.3. The average Bonchev–Trinajstić information content (AvgIpc) is 2.63. The van der Waals surface area contributed by atoms with Crippen LogP contribution in [-0.2, 0) is 6.42 Å². The van der Waals surface area contributed by atoms with Crippen LogP contribution in [0, 0.1) is 20.8 Å². The summed E-state index contributed by atoms with van der Waals surface area (Å²) in [5, 5.41) is 0. The lowest BCUT2D eigenvalue weighted by Gasteiger charge is -2.12. The molecule has 3 heteroatoms. The van der Waals surface area contributed by atoms with E-state index in [0.29, 0.717) is 0 Å². The van der Waals surface area contributed by atoms with Crippen molar-refractivity contribution in [3.8, 4) is 0 Å². The fraction of sp³-hybridized carbons (Fsp3) is 0.333. The highest BCUT2D eigenvalue weighted by Gasteiger charge is 2.13. The van der Waals surface area contributed by atoms with Crippen molar-refractivity contribution in [2.75, 3.05) is 0 Å². The Hall–Kier alpha value is -0.640. The summed E-state index contributed by atoms with van der Waals surface area (Å²) in [5.74, 6) is 0. The molecule has 0 radical (unpaired) electrons. The summed E-state index contributed by atoms with van der Waals surface area (Å²) in [4.78, 5) is 2.54. The SMILES string of the molecule is Cc1cc(Br)c(C(N)Cc2ccc(C)c(C)c2)s1. The number of benzene rings is 1. The molecule has 1 aromatic carbocycles. The molecule has 2 N–H and O–H groups in total. The first-order valence-electron chi connectivity index (χ1n) is 6.05. The van der Waals surface area contributed by atoms with Crippen molar-refractivity contribution in [1.29, 1.82) is 0 Å². The van der Waals surface area contributed by atoms with E-state index in [1.54, 1.807) is 11.3 Å². The summed E-state index contributed by atoms with van der Waals surface area (Å²) in [7, 11) is 0. The summed E-state index contributed by atoms with van der Waals surface area (Å²) >= 11 is 5.36. The fourth-order valence-electron chi connectivity index (χ4n) is 2.03. The van der Waals surface area contributed by atoms with Gasteiger partial charge in [-0.05, 0) is 65.9 Å².